The van der Waals surface area contributed by atoms with Gasteiger partial charge in [-0.2, -0.15) is 0 Å². The minimum Gasteiger partial charge on any atom is -0.464 e. The van der Waals surface area contributed by atoms with Crippen LogP contribution < -0.4 is 5.73 Å². The van der Waals surface area contributed by atoms with E-state index in [0.29, 0.717) is 0 Å². The Hall–Kier alpha value is -0.510. The molecule has 82 valence electrons. The summed E-state index contributed by atoms with van der Waals surface area (Å²) in [4.78, 5) is 0. The lowest BCUT2D eigenvalue weighted by Crippen LogP contribution is -2.09. The van der Waals surface area contributed by atoms with E-state index in [2.05, 4.69) is 0 Å². The average molecular weight is 220 g/mol. The van der Waals surface area contributed by atoms with E-state index < -0.39 is 0 Å². The Morgan fingerprint density at radius 1 is 1.50 bits per heavy atom. The second kappa shape index (κ2) is 6.87. The summed E-state index contributed by atoms with van der Waals surface area (Å²) in [5.41, 5.74) is 5.84. The third-order valence-corrected chi connectivity index (χ3v) is 2.07. The van der Waals surface area contributed by atoms with E-state index >= 15 is 0 Å². The maximum atomic E-state index is 8.63. The molecule has 3 nitrogen and oxygen atoms in total. The van der Waals surface area contributed by atoms with E-state index in [1.165, 1.54) is 0 Å². The zero-order valence-electron chi connectivity index (χ0n) is 8.40. The molecule has 0 saturated heterocycles. The number of hydrogen-bond acceptors (Lipinski definition) is 3. The lowest BCUT2D eigenvalue weighted by molar-refractivity contribution is 0.276. The monoisotopic (exact) mass is 219 g/mol. The number of nitrogens with two attached hydrogens (primary N) is 1. The van der Waals surface area contributed by atoms with Gasteiger partial charge >= 0.3 is 0 Å². The topological polar surface area (TPSA) is 59.4 Å². The van der Waals surface area contributed by atoms with Gasteiger partial charge in [0.1, 0.15) is 11.5 Å². The first-order valence-corrected chi connectivity index (χ1v) is 4.73. The Bertz CT molecular complexity index is 250. The zero-order chi connectivity index (χ0) is 9.68. The van der Waals surface area contributed by atoms with Gasteiger partial charge in [0.2, 0.25) is 0 Å². The van der Waals surface area contributed by atoms with Crippen molar-refractivity contribution in [1.82, 2.24) is 0 Å². The Balaban J connectivity index is 0.00000169. The van der Waals surface area contributed by atoms with Crippen molar-refractivity contribution in [3.63, 3.8) is 0 Å². The van der Waals surface area contributed by atoms with Crippen LogP contribution in [0.4, 0.5) is 0 Å². The van der Waals surface area contributed by atoms with Crippen molar-refractivity contribution >= 4 is 12.4 Å². The standard InChI is InChI=1S/C10H17NO2.ClH/c1-2-8-5-6-10(13-8)9(11)4-3-7-12;/h5-6,9,12H,2-4,7,11H2,1H3;1H/t9-;/m0./s1. The van der Waals surface area contributed by atoms with Crippen LogP contribution >= 0.6 is 12.4 Å². The fourth-order valence-corrected chi connectivity index (χ4v) is 1.24. The predicted octanol–water partition coefficient (Wildman–Crippen LogP) is 2.04. The van der Waals surface area contributed by atoms with E-state index in [4.69, 9.17) is 15.3 Å². The normalized spacial score (nSPS) is 12.2. The molecular formula is C10H18ClNO2. The summed E-state index contributed by atoms with van der Waals surface area (Å²) in [6.07, 6.45) is 2.39. The van der Waals surface area contributed by atoms with Crippen molar-refractivity contribution < 1.29 is 9.52 Å². The van der Waals surface area contributed by atoms with E-state index in [9.17, 15) is 0 Å². The third kappa shape index (κ3) is 3.70. The largest absolute Gasteiger partial charge is 0.464 e. The van der Waals surface area contributed by atoms with Gasteiger partial charge in [0.25, 0.3) is 0 Å². The number of halogens is 1. The molecule has 1 aromatic heterocycles. The third-order valence-electron chi connectivity index (χ3n) is 2.07. The number of furan rings is 1. The Morgan fingerprint density at radius 3 is 2.71 bits per heavy atom. The van der Waals surface area contributed by atoms with E-state index in [0.717, 1.165) is 30.8 Å². The van der Waals surface area contributed by atoms with Crippen LogP contribution in [0.5, 0.6) is 0 Å². The molecule has 14 heavy (non-hydrogen) atoms. The molecule has 0 aliphatic carbocycles. The van der Waals surface area contributed by atoms with Crippen LogP contribution in [0.15, 0.2) is 16.5 Å². The molecule has 0 bridgehead atoms. The molecule has 0 amide bonds. The molecule has 0 unspecified atom stereocenters. The van der Waals surface area contributed by atoms with Crippen molar-refractivity contribution in [2.75, 3.05) is 6.61 Å². The quantitative estimate of drug-likeness (QED) is 0.797. The van der Waals surface area contributed by atoms with E-state index in [-0.39, 0.29) is 25.1 Å². The van der Waals surface area contributed by atoms with Gasteiger partial charge < -0.3 is 15.3 Å². The van der Waals surface area contributed by atoms with Gasteiger partial charge in [-0.1, -0.05) is 6.92 Å². The van der Waals surface area contributed by atoms with Crippen LogP contribution in [0, 0.1) is 0 Å². The smallest absolute Gasteiger partial charge is 0.120 e. The molecule has 0 radical (unpaired) electrons. The molecule has 0 aliphatic heterocycles. The SMILES string of the molecule is CCc1ccc([C@@H](N)CCCO)o1.Cl. The van der Waals surface area contributed by atoms with Gasteiger partial charge in [-0.3, -0.25) is 0 Å². The molecule has 0 aromatic carbocycles. The van der Waals surface area contributed by atoms with Crippen molar-refractivity contribution in [1.29, 1.82) is 0 Å². The summed E-state index contributed by atoms with van der Waals surface area (Å²) in [5.74, 6) is 1.79. The van der Waals surface area contributed by atoms with Crippen molar-refractivity contribution in [3.8, 4) is 0 Å². The Morgan fingerprint density at radius 2 is 2.21 bits per heavy atom. The van der Waals surface area contributed by atoms with Gasteiger partial charge in [0.05, 0.1) is 6.04 Å². The molecule has 1 rings (SSSR count). The average Bonchev–Trinajstić information content (AvgIpc) is 2.62. The highest BCUT2D eigenvalue weighted by atomic mass is 35.5. The maximum absolute atomic E-state index is 8.63. The van der Waals surface area contributed by atoms with Crippen LogP contribution in [0.25, 0.3) is 0 Å². The summed E-state index contributed by atoms with van der Waals surface area (Å²) in [6.45, 7) is 2.23. The summed E-state index contributed by atoms with van der Waals surface area (Å²) in [7, 11) is 0. The molecule has 0 saturated carbocycles. The number of hydrogen-bond donors (Lipinski definition) is 2. The first-order valence-electron chi connectivity index (χ1n) is 4.73. The van der Waals surface area contributed by atoms with Crippen molar-refractivity contribution in [3.05, 3.63) is 23.7 Å². The molecule has 0 spiro atoms. The van der Waals surface area contributed by atoms with Gasteiger partial charge in [-0.05, 0) is 25.0 Å². The van der Waals surface area contributed by atoms with Crippen LogP contribution in [0.3, 0.4) is 0 Å². The number of aliphatic hydroxyl groups is 1. The predicted molar refractivity (Wildman–Crippen MR) is 58.6 cm³/mol. The first-order chi connectivity index (χ1) is 6.27. The van der Waals surface area contributed by atoms with Gasteiger partial charge in [-0.15, -0.1) is 12.4 Å². The van der Waals surface area contributed by atoms with Crippen LogP contribution in [-0.4, -0.2) is 11.7 Å². The fraction of sp³-hybridized carbons (Fsp3) is 0.600. The zero-order valence-corrected chi connectivity index (χ0v) is 9.22. The van der Waals surface area contributed by atoms with E-state index in [1.54, 1.807) is 0 Å². The van der Waals surface area contributed by atoms with E-state index in [1.807, 2.05) is 19.1 Å². The number of rotatable bonds is 5. The minimum absolute atomic E-state index is 0. The highest BCUT2D eigenvalue weighted by Gasteiger charge is 2.09. The highest BCUT2D eigenvalue weighted by Crippen LogP contribution is 2.18. The second-order valence-corrected chi connectivity index (χ2v) is 3.13. The first kappa shape index (κ1) is 13.5. The van der Waals surface area contributed by atoms with Gasteiger partial charge in [-0.25, -0.2) is 0 Å². The van der Waals surface area contributed by atoms with Crippen LogP contribution in [-0.2, 0) is 6.42 Å². The molecule has 4 heteroatoms. The van der Waals surface area contributed by atoms with Crippen LogP contribution in [0.1, 0.15) is 37.3 Å². The van der Waals surface area contributed by atoms with Crippen molar-refractivity contribution in [2.24, 2.45) is 5.73 Å². The number of aryl methyl sites for hydroxylation is 1. The lowest BCUT2D eigenvalue weighted by atomic mass is 10.1. The molecule has 0 aliphatic rings. The highest BCUT2D eigenvalue weighted by molar-refractivity contribution is 5.85. The summed E-state index contributed by atoms with van der Waals surface area (Å²) >= 11 is 0. The molecule has 0 fully saturated rings. The molecule has 1 heterocycles. The maximum Gasteiger partial charge on any atom is 0.120 e. The Kier molecular flexibility index (Phi) is 6.62. The second-order valence-electron chi connectivity index (χ2n) is 3.13. The molecule has 3 N–H and O–H groups in total. The summed E-state index contributed by atoms with van der Waals surface area (Å²) in [5, 5.41) is 8.63. The molecule has 1 aromatic rings. The van der Waals surface area contributed by atoms with Gasteiger partial charge in [0.15, 0.2) is 0 Å². The summed E-state index contributed by atoms with van der Waals surface area (Å²) < 4.78 is 5.48. The molecular weight excluding hydrogens is 202 g/mol. The van der Waals surface area contributed by atoms with Crippen molar-refractivity contribution in [2.45, 2.75) is 32.2 Å². The van der Waals surface area contributed by atoms with Crippen LogP contribution in [0.2, 0.25) is 0 Å². The lowest BCUT2D eigenvalue weighted by Gasteiger charge is -2.06. The molecule has 1 atom stereocenters. The summed E-state index contributed by atoms with van der Waals surface area (Å²) in [6, 6.07) is 3.79. The fourth-order valence-electron chi connectivity index (χ4n) is 1.24. The minimum atomic E-state index is -0.0764. The van der Waals surface area contributed by atoms with Gasteiger partial charge in [0, 0.05) is 13.0 Å². The number of aliphatic hydroxyl groups excluding tert-OH is 1. The Labute approximate surface area is 90.7 Å².